The fourth-order valence-corrected chi connectivity index (χ4v) is 2.37. The lowest BCUT2D eigenvalue weighted by atomic mass is 10.1. The van der Waals surface area contributed by atoms with Crippen molar-refractivity contribution in [2.45, 2.75) is 13.8 Å². The number of carbonyl (C=O) groups excluding carboxylic acids is 2. The molecule has 0 unspecified atom stereocenters. The van der Waals surface area contributed by atoms with Crippen molar-refractivity contribution in [3.8, 4) is 11.5 Å². The summed E-state index contributed by atoms with van der Waals surface area (Å²) in [5.41, 5.74) is 1.10. The van der Waals surface area contributed by atoms with Crippen LogP contribution < -0.4 is 9.47 Å². The second-order valence-corrected chi connectivity index (χ2v) is 5.11. The van der Waals surface area contributed by atoms with Crippen LogP contribution in [0.15, 0.2) is 40.7 Å². The lowest BCUT2D eigenvalue weighted by molar-refractivity contribution is -0.145. The van der Waals surface area contributed by atoms with Gasteiger partial charge >= 0.3 is 5.97 Å². The Kier molecular flexibility index (Phi) is 4.37. The molecule has 0 spiro atoms. The molecule has 0 fully saturated rings. The van der Waals surface area contributed by atoms with Crippen molar-refractivity contribution >= 4 is 17.8 Å². The van der Waals surface area contributed by atoms with E-state index >= 15 is 0 Å². The van der Waals surface area contributed by atoms with Gasteiger partial charge in [0.1, 0.15) is 17.3 Å². The zero-order chi connectivity index (χ0) is 17.1. The Labute approximate surface area is 138 Å². The molecule has 3 rings (SSSR count). The highest BCUT2D eigenvalue weighted by atomic mass is 16.6. The summed E-state index contributed by atoms with van der Waals surface area (Å²) in [6, 6.07) is 6.72. The van der Waals surface area contributed by atoms with Gasteiger partial charge in [-0.3, -0.25) is 4.79 Å². The summed E-state index contributed by atoms with van der Waals surface area (Å²) in [4.78, 5) is 23.8. The van der Waals surface area contributed by atoms with Crippen molar-refractivity contribution in [1.29, 1.82) is 0 Å². The molecule has 0 amide bonds. The van der Waals surface area contributed by atoms with Gasteiger partial charge in [0.25, 0.3) is 0 Å². The van der Waals surface area contributed by atoms with Crippen LogP contribution >= 0.6 is 0 Å². The number of hydrogen-bond donors (Lipinski definition) is 0. The molecular weight excluding hydrogens is 312 g/mol. The van der Waals surface area contributed by atoms with E-state index in [1.54, 1.807) is 44.2 Å². The number of rotatable bonds is 5. The second-order valence-electron chi connectivity index (χ2n) is 5.11. The summed E-state index contributed by atoms with van der Waals surface area (Å²) in [5, 5.41) is 0. The van der Waals surface area contributed by atoms with Crippen molar-refractivity contribution in [2.24, 2.45) is 0 Å². The maximum absolute atomic E-state index is 12.4. The zero-order valence-corrected chi connectivity index (χ0v) is 13.3. The number of carbonyl (C=O) groups is 2. The largest absolute Gasteiger partial charge is 0.481 e. The van der Waals surface area contributed by atoms with Crippen molar-refractivity contribution in [2.75, 3.05) is 13.2 Å². The van der Waals surface area contributed by atoms with E-state index < -0.39 is 5.97 Å². The number of benzene rings is 1. The van der Waals surface area contributed by atoms with E-state index in [4.69, 9.17) is 18.6 Å². The van der Waals surface area contributed by atoms with Crippen LogP contribution in [0.25, 0.3) is 6.08 Å². The Morgan fingerprint density at radius 3 is 2.83 bits per heavy atom. The molecule has 1 aliphatic rings. The Hall–Kier alpha value is -3.02. The summed E-state index contributed by atoms with van der Waals surface area (Å²) < 4.78 is 21.1. The molecule has 24 heavy (non-hydrogen) atoms. The maximum Gasteiger partial charge on any atom is 0.344 e. The SMILES string of the molecule is CCOC(=O)COc1ccc2c(c1C)O/C(=C\c1ccco1)C2=O. The molecule has 0 saturated carbocycles. The average molecular weight is 328 g/mol. The van der Waals surface area contributed by atoms with Gasteiger partial charge in [0, 0.05) is 11.6 Å². The first-order chi connectivity index (χ1) is 11.6. The smallest absolute Gasteiger partial charge is 0.344 e. The van der Waals surface area contributed by atoms with Crippen LogP contribution in [0.5, 0.6) is 11.5 Å². The van der Waals surface area contributed by atoms with Gasteiger partial charge in [-0.25, -0.2) is 4.79 Å². The number of ether oxygens (including phenoxy) is 3. The molecule has 6 heteroatoms. The Morgan fingerprint density at radius 1 is 1.29 bits per heavy atom. The molecule has 0 saturated heterocycles. The molecule has 124 valence electrons. The number of esters is 1. The molecule has 1 aliphatic heterocycles. The third-order valence-electron chi connectivity index (χ3n) is 3.50. The number of furan rings is 1. The van der Waals surface area contributed by atoms with Crippen LogP contribution in [-0.4, -0.2) is 25.0 Å². The number of ketones is 1. The summed E-state index contributed by atoms with van der Waals surface area (Å²) in [5.74, 6) is 0.940. The third-order valence-corrected chi connectivity index (χ3v) is 3.50. The predicted molar refractivity (Wildman–Crippen MR) is 85.0 cm³/mol. The standard InChI is InChI=1S/C18H16O6/c1-3-21-16(19)10-23-14-7-6-13-17(20)15(24-18(13)11(14)2)9-12-5-4-8-22-12/h4-9H,3,10H2,1-2H3/b15-9-. The lowest BCUT2D eigenvalue weighted by Gasteiger charge is -2.10. The van der Waals surface area contributed by atoms with Crippen LogP contribution in [0.3, 0.4) is 0 Å². The first-order valence-corrected chi connectivity index (χ1v) is 7.50. The van der Waals surface area contributed by atoms with Crippen LogP contribution in [0, 0.1) is 6.92 Å². The first kappa shape index (κ1) is 15.9. The fraction of sp³-hybridized carbons (Fsp3) is 0.222. The number of fused-ring (bicyclic) bond motifs is 1. The number of allylic oxidation sites excluding steroid dienone is 1. The molecule has 2 heterocycles. The molecule has 1 aromatic carbocycles. The minimum Gasteiger partial charge on any atom is -0.481 e. The van der Waals surface area contributed by atoms with E-state index in [2.05, 4.69) is 0 Å². The number of hydrogen-bond acceptors (Lipinski definition) is 6. The molecular formula is C18H16O6. The molecule has 2 aromatic rings. The molecule has 0 N–H and O–H groups in total. The minimum absolute atomic E-state index is 0.186. The lowest BCUT2D eigenvalue weighted by Crippen LogP contribution is -2.15. The van der Waals surface area contributed by atoms with Gasteiger partial charge in [0.15, 0.2) is 12.4 Å². The molecule has 0 atom stereocenters. The Bertz CT molecular complexity index is 801. The topological polar surface area (TPSA) is 75.0 Å². The van der Waals surface area contributed by atoms with Gasteiger partial charge in [0.05, 0.1) is 18.4 Å². The van der Waals surface area contributed by atoms with E-state index in [0.717, 1.165) is 0 Å². The van der Waals surface area contributed by atoms with Gasteiger partial charge in [-0.05, 0) is 38.1 Å². The summed E-state index contributed by atoms with van der Waals surface area (Å²) in [7, 11) is 0. The monoisotopic (exact) mass is 328 g/mol. The number of Topliss-reactive ketones (excluding diaryl/α,β-unsaturated/α-hetero) is 1. The van der Waals surface area contributed by atoms with E-state index in [-0.39, 0.29) is 18.1 Å². The van der Waals surface area contributed by atoms with Gasteiger partial charge < -0.3 is 18.6 Å². The normalized spacial score (nSPS) is 14.4. The van der Waals surface area contributed by atoms with E-state index in [1.807, 2.05) is 0 Å². The average Bonchev–Trinajstić information content (AvgIpc) is 3.17. The minimum atomic E-state index is -0.451. The van der Waals surface area contributed by atoms with Crippen LogP contribution in [0.1, 0.15) is 28.6 Å². The van der Waals surface area contributed by atoms with Gasteiger partial charge in [0.2, 0.25) is 5.78 Å². The van der Waals surface area contributed by atoms with E-state index in [9.17, 15) is 9.59 Å². The van der Waals surface area contributed by atoms with Gasteiger partial charge in [-0.2, -0.15) is 0 Å². The molecule has 0 radical (unpaired) electrons. The molecule has 1 aromatic heterocycles. The summed E-state index contributed by atoms with van der Waals surface area (Å²) in [6.07, 6.45) is 3.06. The van der Waals surface area contributed by atoms with Crippen LogP contribution in [0.4, 0.5) is 0 Å². The van der Waals surface area contributed by atoms with Crippen molar-refractivity contribution in [3.63, 3.8) is 0 Å². The van der Waals surface area contributed by atoms with Crippen molar-refractivity contribution in [1.82, 2.24) is 0 Å². The summed E-state index contributed by atoms with van der Waals surface area (Å²) >= 11 is 0. The molecule has 0 bridgehead atoms. The van der Waals surface area contributed by atoms with E-state index in [1.165, 1.54) is 6.26 Å². The van der Waals surface area contributed by atoms with Gasteiger partial charge in [-0.15, -0.1) is 0 Å². The Balaban J connectivity index is 1.82. The van der Waals surface area contributed by atoms with Crippen molar-refractivity contribution in [3.05, 3.63) is 53.2 Å². The van der Waals surface area contributed by atoms with Crippen molar-refractivity contribution < 1.29 is 28.2 Å². The maximum atomic E-state index is 12.4. The molecule has 0 aliphatic carbocycles. The van der Waals surface area contributed by atoms with Gasteiger partial charge in [-0.1, -0.05) is 0 Å². The highest BCUT2D eigenvalue weighted by Gasteiger charge is 2.30. The Morgan fingerprint density at radius 2 is 2.12 bits per heavy atom. The van der Waals surface area contributed by atoms with Crippen LogP contribution in [0.2, 0.25) is 0 Å². The highest BCUT2D eigenvalue weighted by molar-refractivity contribution is 6.14. The first-order valence-electron chi connectivity index (χ1n) is 7.50. The zero-order valence-electron chi connectivity index (χ0n) is 13.3. The third kappa shape index (κ3) is 3.03. The second kappa shape index (κ2) is 6.62. The highest BCUT2D eigenvalue weighted by Crippen LogP contribution is 2.39. The predicted octanol–water partition coefficient (Wildman–Crippen LogP) is 3.15. The molecule has 6 nitrogen and oxygen atoms in total. The fourth-order valence-electron chi connectivity index (χ4n) is 2.37. The van der Waals surface area contributed by atoms with E-state index in [0.29, 0.717) is 35.0 Å². The van der Waals surface area contributed by atoms with Crippen LogP contribution in [-0.2, 0) is 9.53 Å². The quantitative estimate of drug-likeness (QED) is 0.620. The summed E-state index contributed by atoms with van der Waals surface area (Å²) in [6.45, 7) is 3.59.